The monoisotopic (exact) mass is 450 g/mol. The summed E-state index contributed by atoms with van der Waals surface area (Å²) in [4.78, 5) is 16.3. The standard InChI is InChI=1S/C25H27FN4O3/c1-24-9-10-25(2,30(24)3)23(26)20(14-24)33-22-7-6-18(28-29-22)17-5-4-15(12-19(17)31)16-8-11-27-21(32)13-16/h4-8,11-13,20,23,31H,9-10,14H2,1-3H3,(H,27,32)/t20-,23+,24-,25+/m0/s1. The van der Waals surface area contributed by atoms with E-state index in [1.54, 1.807) is 42.6 Å². The molecule has 2 N–H and O–H groups in total. The lowest BCUT2D eigenvalue weighted by molar-refractivity contribution is -0.0887. The lowest BCUT2D eigenvalue weighted by Gasteiger charge is -2.50. The first kappa shape index (κ1) is 21.6. The van der Waals surface area contributed by atoms with Crippen molar-refractivity contribution < 1.29 is 14.2 Å². The molecule has 2 saturated heterocycles. The molecule has 2 fully saturated rings. The summed E-state index contributed by atoms with van der Waals surface area (Å²) in [5.74, 6) is 0.287. The van der Waals surface area contributed by atoms with E-state index in [1.165, 1.54) is 6.07 Å². The maximum absolute atomic E-state index is 15.4. The molecular formula is C25H27FN4O3. The van der Waals surface area contributed by atoms with E-state index in [0.717, 1.165) is 12.8 Å². The molecule has 0 saturated carbocycles. The first-order valence-corrected chi connectivity index (χ1v) is 11.1. The zero-order valence-electron chi connectivity index (χ0n) is 18.9. The van der Waals surface area contributed by atoms with Crippen molar-refractivity contribution in [3.63, 3.8) is 0 Å². The van der Waals surface area contributed by atoms with Crippen LogP contribution in [-0.4, -0.2) is 55.6 Å². The van der Waals surface area contributed by atoms with E-state index in [1.807, 2.05) is 14.0 Å². The number of aromatic nitrogens is 3. The highest BCUT2D eigenvalue weighted by Crippen LogP contribution is 2.51. The van der Waals surface area contributed by atoms with Gasteiger partial charge in [-0.15, -0.1) is 10.2 Å². The van der Waals surface area contributed by atoms with Gasteiger partial charge < -0.3 is 14.8 Å². The number of nitrogens with one attached hydrogen (secondary N) is 1. The van der Waals surface area contributed by atoms with Gasteiger partial charge in [-0.25, -0.2) is 4.39 Å². The molecule has 2 aliphatic heterocycles. The molecule has 0 aliphatic carbocycles. The summed E-state index contributed by atoms with van der Waals surface area (Å²) < 4.78 is 21.3. The van der Waals surface area contributed by atoms with E-state index >= 15 is 4.39 Å². The van der Waals surface area contributed by atoms with Crippen molar-refractivity contribution >= 4 is 0 Å². The SMILES string of the molecule is CN1[C@@]2(C)CC[C@]1(C)[C@H](F)[C@@H](Oc1ccc(-c3ccc(-c4cc[nH]c(=O)c4)cc3O)nn1)C2. The largest absolute Gasteiger partial charge is 0.507 e. The number of H-pyrrole nitrogens is 1. The van der Waals surface area contributed by atoms with E-state index in [2.05, 4.69) is 27.0 Å². The van der Waals surface area contributed by atoms with Gasteiger partial charge in [0.05, 0.1) is 11.2 Å². The summed E-state index contributed by atoms with van der Waals surface area (Å²) >= 11 is 0. The van der Waals surface area contributed by atoms with Crippen molar-refractivity contribution in [2.75, 3.05) is 7.05 Å². The lowest BCUT2D eigenvalue weighted by atomic mass is 9.82. The Kier molecular flexibility index (Phi) is 5.01. The van der Waals surface area contributed by atoms with Gasteiger partial charge in [0.25, 0.3) is 0 Å². The number of aromatic hydroxyl groups is 1. The average molecular weight is 451 g/mol. The average Bonchev–Trinajstić information content (AvgIpc) is 2.97. The number of fused-ring (bicyclic) bond motifs is 2. The Morgan fingerprint density at radius 3 is 2.61 bits per heavy atom. The topological polar surface area (TPSA) is 91.3 Å². The number of phenolic OH excluding ortho intramolecular Hbond substituents is 1. The van der Waals surface area contributed by atoms with E-state index in [4.69, 9.17) is 4.74 Å². The lowest BCUT2D eigenvalue weighted by Crippen LogP contribution is -2.64. The second kappa shape index (κ2) is 7.66. The van der Waals surface area contributed by atoms with Crippen LogP contribution in [0.2, 0.25) is 0 Å². The summed E-state index contributed by atoms with van der Waals surface area (Å²) in [7, 11) is 2.00. The van der Waals surface area contributed by atoms with Gasteiger partial charge in [0.2, 0.25) is 11.4 Å². The first-order chi connectivity index (χ1) is 15.7. The van der Waals surface area contributed by atoms with Crippen molar-refractivity contribution in [2.24, 2.45) is 0 Å². The number of alkyl halides is 1. The third-order valence-corrected chi connectivity index (χ3v) is 7.60. The molecule has 4 atom stereocenters. The second-order valence-corrected chi connectivity index (χ2v) is 9.61. The molecule has 3 aromatic rings. The number of rotatable bonds is 4. The quantitative estimate of drug-likeness (QED) is 0.626. The number of piperidine rings is 1. The van der Waals surface area contributed by atoms with Gasteiger partial charge >= 0.3 is 0 Å². The van der Waals surface area contributed by atoms with E-state index < -0.39 is 17.8 Å². The molecular weight excluding hydrogens is 423 g/mol. The Labute approximate surface area is 191 Å². The van der Waals surface area contributed by atoms with Crippen LogP contribution >= 0.6 is 0 Å². The number of halogens is 1. The predicted molar refractivity (Wildman–Crippen MR) is 123 cm³/mol. The molecule has 2 bridgehead atoms. The van der Waals surface area contributed by atoms with Crippen LogP contribution in [0.25, 0.3) is 22.4 Å². The maximum Gasteiger partial charge on any atom is 0.248 e. The molecule has 7 nitrogen and oxygen atoms in total. The minimum Gasteiger partial charge on any atom is -0.507 e. The highest BCUT2D eigenvalue weighted by Gasteiger charge is 2.60. The van der Waals surface area contributed by atoms with E-state index in [0.29, 0.717) is 28.8 Å². The molecule has 8 heteroatoms. The van der Waals surface area contributed by atoms with Crippen LogP contribution in [0, 0.1) is 0 Å². The van der Waals surface area contributed by atoms with Gasteiger partial charge in [-0.2, -0.15) is 0 Å². The highest BCUT2D eigenvalue weighted by atomic mass is 19.1. The fraction of sp³-hybridized carbons (Fsp3) is 0.400. The van der Waals surface area contributed by atoms with Crippen LogP contribution in [0.4, 0.5) is 4.39 Å². The van der Waals surface area contributed by atoms with Crippen molar-refractivity contribution in [3.8, 4) is 34.0 Å². The molecule has 5 rings (SSSR count). The number of aromatic amines is 1. The first-order valence-electron chi connectivity index (χ1n) is 11.1. The third kappa shape index (κ3) is 3.58. The Morgan fingerprint density at radius 2 is 1.91 bits per heavy atom. The minimum atomic E-state index is -1.12. The van der Waals surface area contributed by atoms with Gasteiger partial charge in [0.15, 0.2) is 6.17 Å². The molecule has 33 heavy (non-hydrogen) atoms. The van der Waals surface area contributed by atoms with Crippen LogP contribution in [0.15, 0.2) is 53.5 Å². The molecule has 2 aromatic heterocycles. The number of benzene rings is 1. The summed E-state index contributed by atoms with van der Waals surface area (Å²) in [6.07, 6.45) is 2.19. The molecule has 0 spiro atoms. The van der Waals surface area contributed by atoms with Gasteiger partial charge in [0.1, 0.15) is 11.9 Å². The van der Waals surface area contributed by atoms with Crippen LogP contribution in [0.1, 0.15) is 33.1 Å². The number of pyridine rings is 1. The van der Waals surface area contributed by atoms with Crippen molar-refractivity contribution in [3.05, 3.63) is 59.0 Å². The Balaban J connectivity index is 1.35. The number of ether oxygens (including phenoxy) is 1. The van der Waals surface area contributed by atoms with Gasteiger partial charge in [0, 0.05) is 35.9 Å². The summed E-state index contributed by atoms with van der Waals surface area (Å²) in [6.45, 7) is 4.12. The molecule has 0 unspecified atom stereocenters. The fourth-order valence-electron chi connectivity index (χ4n) is 5.31. The summed E-state index contributed by atoms with van der Waals surface area (Å²) in [5, 5.41) is 18.9. The zero-order valence-corrected chi connectivity index (χ0v) is 18.9. The van der Waals surface area contributed by atoms with Crippen LogP contribution in [0.3, 0.4) is 0 Å². The van der Waals surface area contributed by atoms with Crippen LogP contribution in [0.5, 0.6) is 11.6 Å². The number of hydrogen-bond acceptors (Lipinski definition) is 6. The minimum absolute atomic E-state index is 0.0207. The Morgan fingerprint density at radius 1 is 1.12 bits per heavy atom. The Bertz CT molecular complexity index is 1250. The highest BCUT2D eigenvalue weighted by molar-refractivity contribution is 5.74. The van der Waals surface area contributed by atoms with E-state index in [-0.39, 0.29) is 22.7 Å². The second-order valence-electron chi connectivity index (χ2n) is 9.61. The molecule has 0 radical (unpaired) electrons. The molecule has 4 heterocycles. The van der Waals surface area contributed by atoms with Crippen molar-refractivity contribution in [2.45, 2.75) is 56.5 Å². The van der Waals surface area contributed by atoms with E-state index in [9.17, 15) is 9.90 Å². The number of phenols is 1. The molecule has 2 aliphatic rings. The zero-order chi connectivity index (χ0) is 23.4. The number of hydrogen-bond donors (Lipinski definition) is 2. The van der Waals surface area contributed by atoms with Crippen molar-refractivity contribution in [1.29, 1.82) is 0 Å². The summed E-state index contributed by atoms with van der Waals surface area (Å²) in [6, 6.07) is 11.7. The van der Waals surface area contributed by atoms with Crippen LogP contribution < -0.4 is 10.3 Å². The smallest absolute Gasteiger partial charge is 0.248 e. The summed E-state index contributed by atoms with van der Waals surface area (Å²) in [5.41, 5.74) is 1.54. The predicted octanol–water partition coefficient (Wildman–Crippen LogP) is 3.94. The van der Waals surface area contributed by atoms with Crippen molar-refractivity contribution in [1.82, 2.24) is 20.1 Å². The van der Waals surface area contributed by atoms with Gasteiger partial charge in [-0.1, -0.05) is 6.07 Å². The number of nitrogens with zero attached hydrogens (tertiary/aromatic N) is 3. The Hall–Kier alpha value is -3.26. The molecule has 172 valence electrons. The molecule has 0 amide bonds. The van der Waals surface area contributed by atoms with Gasteiger partial charge in [-0.3, -0.25) is 9.69 Å². The third-order valence-electron chi connectivity index (χ3n) is 7.60. The van der Waals surface area contributed by atoms with Crippen LogP contribution in [-0.2, 0) is 0 Å². The normalized spacial score (nSPS) is 29.2. The fourth-order valence-corrected chi connectivity index (χ4v) is 5.31. The molecule has 1 aromatic carbocycles. The van der Waals surface area contributed by atoms with Gasteiger partial charge in [-0.05, 0) is 69.1 Å². The maximum atomic E-state index is 15.4.